The number of carbonyl (C=O) groups is 1. The number of ether oxygens (including phenoxy) is 2. The molecule has 0 saturated heterocycles. The SMILES string of the molecule is Cc1ccn2c(NC(C)(C)C)c(-c3ccc(OC(=O)COc4ccc(Cl)cc4)cc3)nc2c1. The molecule has 4 aromatic rings. The van der Waals surface area contributed by atoms with Gasteiger partial charge in [-0.1, -0.05) is 11.6 Å². The Balaban J connectivity index is 1.51. The highest BCUT2D eigenvalue weighted by Gasteiger charge is 2.19. The van der Waals surface area contributed by atoms with Crippen LogP contribution in [0.25, 0.3) is 16.9 Å². The Bertz CT molecular complexity index is 1270. The van der Waals surface area contributed by atoms with Crippen LogP contribution in [-0.4, -0.2) is 27.5 Å². The summed E-state index contributed by atoms with van der Waals surface area (Å²) in [5.41, 5.74) is 3.62. The molecule has 1 N–H and O–H groups in total. The van der Waals surface area contributed by atoms with E-state index in [1.165, 1.54) is 0 Å². The van der Waals surface area contributed by atoms with Crippen LogP contribution in [0.4, 0.5) is 5.82 Å². The molecule has 6 nitrogen and oxygen atoms in total. The molecule has 2 heterocycles. The van der Waals surface area contributed by atoms with Crippen LogP contribution in [0.1, 0.15) is 26.3 Å². The van der Waals surface area contributed by atoms with Gasteiger partial charge in [-0.25, -0.2) is 9.78 Å². The zero-order valence-corrected chi connectivity index (χ0v) is 19.8. The molecule has 0 unspecified atom stereocenters. The van der Waals surface area contributed by atoms with E-state index in [1.807, 2.05) is 31.3 Å². The Morgan fingerprint density at radius 1 is 1.03 bits per heavy atom. The summed E-state index contributed by atoms with van der Waals surface area (Å²) in [4.78, 5) is 17.0. The van der Waals surface area contributed by atoms with Crippen molar-refractivity contribution >= 4 is 29.0 Å². The molecule has 2 aromatic heterocycles. The van der Waals surface area contributed by atoms with Crippen LogP contribution in [0.2, 0.25) is 5.02 Å². The summed E-state index contributed by atoms with van der Waals surface area (Å²) in [6, 6.07) is 18.2. The summed E-state index contributed by atoms with van der Waals surface area (Å²) in [7, 11) is 0. The lowest BCUT2D eigenvalue weighted by molar-refractivity contribution is -0.136. The third-order valence-corrected chi connectivity index (χ3v) is 5.06. The van der Waals surface area contributed by atoms with Gasteiger partial charge in [0.25, 0.3) is 0 Å². The number of rotatable bonds is 6. The van der Waals surface area contributed by atoms with Crippen molar-refractivity contribution < 1.29 is 14.3 Å². The second kappa shape index (κ2) is 9.16. The number of aryl methyl sites for hydroxylation is 1. The molecule has 0 atom stereocenters. The molecule has 0 aliphatic rings. The number of pyridine rings is 1. The van der Waals surface area contributed by atoms with Crippen LogP contribution in [-0.2, 0) is 4.79 Å². The normalized spacial score (nSPS) is 11.4. The first kappa shape index (κ1) is 22.7. The lowest BCUT2D eigenvalue weighted by Gasteiger charge is -2.22. The number of nitrogens with one attached hydrogen (secondary N) is 1. The molecule has 0 fully saturated rings. The topological polar surface area (TPSA) is 64.9 Å². The van der Waals surface area contributed by atoms with Gasteiger partial charge in [-0.15, -0.1) is 0 Å². The maximum absolute atomic E-state index is 12.2. The molecule has 0 radical (unpaired) electrons. The summed E-state index contributed by atoms with van der Waals surface area (Å²) < 4.78 is 12.9. The van der Waals surface area contributed by atoms with Crippen LogP contribution >= 0.6 is 11.6 Å². The molecule has 0 amide bonds. The third-order valence-electron chi connectivity index (χ3n) is 4.80. The summed E-state index contributed by atoms with van der Waals surface area (Å²) in [6.45, 7) is 8.18. The van der Waals surface area contributed by atoms with Crippen molar-refractivity contribution in [2.45, 2.75) is 33.2 Å². The zero-order valence-electron chi connectivity index (χ0n) is 19.1. The van der Waals surface area contributed by atoms with Crippen molar-refractivity contribution in [1.29, 1.82) is 0 Å². The second-order valence-corrected chi connectivity index (χ2v) is 9.29. The van der Waals surface area contributed by atoms with Gasteiger partial charge in [0, 0.05) is 22.3 Å². The van der Waals surface area contributed by atoms with Crippen LogP contribution in [0.15, 0.2) is 66.9 Å². The van der Waals surface area contributed by atoms with Crippen LogP contribution in [0.5, 0.6) is 11.5 Å². The Labute approximate surface area is 198 Å². The maximum atomic E-state index is 12.2. The third kappa shape index (κ3) is 5.65. The molecule has 0 aliphatic carbocycles. The van der Waals surface area contributed by atoms with Crippen LogP contribution < -0.4 is 14.8 Å². The van der Waals surface area contributed by atoms with Gasteiger partial charge < -0.3 is 14.8 Å². The second-order valence-electron chi connectivity index (χ2n) is 8.86. The van der Waals surface area contributed by atoms with E-state index in [2.05, 4.69) is 36.6 Å². The quantitative estimate of drug-likeness (QED) is 0.274. The van der Waals surface area contributed by atoms with Crippen LogP contribution in [0, 0.1) is 6.92 Å². The minimum absolute atomic E-state index is 0.144. The van der Waals surface area contributed by atoms with Crippen molar-refractivity contribution in [3.8, 4) is 22.8 Å². The maximum Gasteiger partial charge on any atom is 0.349 e. The van der Waals surface area contributed by atoms with E-state index in [0.29, 0.717) is 16.5 Å². The molecular formula is C26H26ClN3O3. The van der Waals surface area contributed by atoms with Crippen molar-refractivity contribution in [3.63, 3.8) is 0 Å². The number of halogens is 1. The molecule has 33 heavy (non-hydrogen) atoms. The van der Waals surface area contributed by atoms with Crippen molar-refractivity contribution in [2.75, 3.05) is 11.9 Å². The number of esters is 1. The molecule has 0 aliphatic heterocycles. The predicted molar refractivity (Wildman–Crippen MR) is 131 cm³/mol. The number of anilines is 1. The highest BCUT2D eigenvalue weighted by molar-refractivity contribution is 6.30. The average Bonchev–Trinajstić information content (AvgIpc) is 3.09. The van der Waals surface area contributed by atoms with Gasteiger partial charge in [-0.2, -0.15) is 0 Å². The molecule has 170 valence electrons. The number of hydrogen-bond donors (Lipinski definition) is 1. The van der Waals surface area contributed by atoms with Gasteiger partial charge in [0.2, 0.25) is 0 Å². The largest absolute Gasteiger partial charge is 0.482 e. The van der Waals surface area contributed by atoms with E-state index in [-0.39, 0.29) is 12.1 Å². The fourth-order valence-electron chi connectivity index (χ4n) is 3.34. The summed E-state index contributed by atoms with van der Waals surface area (Å²) in [5.74, 6) is 1.41. The molecule has 0 spiro atoms. The predicted octanol–water partition coefficient (Wildman–Crippen LogP) is 6.16. The fourth-order valence-corrected chi connectivity index (χ4v) is 3.46. The molecule has 0 bridgehead atoms. The number of fused-ring (bicyclic) bond motifs is 1. The number of imidazole rings is 1. The summed E-state index contributed by atoms with van der Waals surface area (Å²) in [5, 5.41) is 4.17. The molecule has 7 heteroatoms. The van der Waals surface area contributed by atoms with E-state index in [4.69, 9.17) is 26.1 Å². The van der Waals surface area contributed by atoms with Crippen molar-refractivity contribution in [2.24, 2.45) is 0 Å². The molecular weight excluding hydrogens is 438 g/mol. The van der Waals surface area contributed by atoms with E-state index in [1.54, 1.807) is 36.4 Å². The fraction of sp³-hybridized carbons (Fsp3) is 0.231. The summed E-state index contributed by atoms with van der Waals surface area (Å²) >= 11 is 5.85. The number of nitrogens with zero attached hydrogens (tertiary/aromatic N) is 2. The number of hydrogen-bond acceptors (Lipinski definition) is 5. The number of benzene rings is 2. The smallest absolute Gasteiger partial charge is 0.349 e. The van der Waals surface area contributed by atoms with Gasteiger partial charge in [0.15, 0.2) is 6.61 Å². The molecule has 0 saturated carbocycles. The summed E-state index contributed by atoms with van der Waals surface area (Å²) in [6.07, 6.45) is 2.02. The van der Waals surface area contributed by atoms with Gasteiger partial charge in [-0.3, -0.25) is 4.40 Å². The Kier molecular flexibility index (Phi) is 6.29. The molecule has 4 rings (SSSR count). The molecule has 2 aromatic carbocycles. The monoisotopic (exact) mass is 463 g/mol. The first-order chi connectivity index (χ1) is 15.7. The minimum atomic E-state index is -0.490. The van der Waals surface area contributed by atoms with E-state index < -0.39 is 5.97 Å². The van der Waals surface area contributed by atoms with Crippen molar-refractivity contribution in [3.05, 3.63) is 77.4 Å². The lowest BCUT2D eigenvalue weighted by Crippen LogP contribution is -2.27. The van der Waals surface area contributed by atoms with Gasteiger partial charge in [0.1, 0.15) is 28.7 Å². The van der Waals surface area contributed by atoms with Gasteiger partial charge in [-0.05, 0) is 93.9 Å². The van der Waals surface area contributed by atoms with Crippen molar-refractivity contribution in [1.82, 2.24) is 9.38 Å². The lowest BCUT2D eigenvalue weighted by atomic mass is 10.1. The Hall–Kier alpha value is -3.51. The van der Waals surface area contributed by atoms with E-state index in [0.717, 1.165) is 28.3 Å². The number of carbonyl (C=O) groups excluding carboxylic acids is 1. The first-order valence-electron chi connectivity index (χ1n) is 10.6. The van der Waals surface area contributed by atoms with Gasteiger partial charge in [0.05, 0.1) is 0 Å². The Morgan fingerprint density at radius 3 is 2.36 bits per heavy atom. The Morgan fingerprint density at radius 2 is 1.70 bits per heavy atom. The standard InChI is InChI=1S/C26H26ClN3O3/c1-17-13-14-30-22(15-17)28-24(25(30)29-26(2,3)4)18-5-9-21(10-6-18)33-23(31)16-32-20-11-7-19(27)8-12-20/h5-15,29H,16H2,1-4H3. The highest BCUT2D eigenvalue weighted by atomic mass is 35.5. The highest BCUT2D eigenvalue weighted by Crippen LogP contribution is 2.32. The minimum Gasteiger partial charge on any atom is -0.482 e. The van der Waals surface area contributed by atoms with Crippen LogP contribution in [0.3, 0.4) is 0 Å². The zero-order chi connectivity index (χ0) is 23.6. The van der Waals surface area contributed by atoms with Gasteiger partial charge >= 0.3 is 5.97 Å². The number of aromatic nitrogens is 2. The average molecular weight is 464 g/mol. The van der Waals surface area contributed by atoms with E-state index >= 15 is 0 Å². The first-order valence-corrected chi connectivity index (χ1v) is 11.0. The van der Waals surface area contributed by atoms with E-state index in [9.17, 15) is 4.79 Å².